The lowest BCUT2D eigenvalue weighted by Gasteiger charge is -2.26. The van der Waals surface area contributed by atoms with E-state index in [-0.39, 0.29) is 22.2 Å². The zero-order valence-corrected chi connectivity index (χ0v) is 9.40. The summed E-state index contributed by atoms with van der Waals surface area (Å²) in [5, 5.41) is 0. The van der Waals surface area contributed by atoms with Gasteiger partial charge in [0.15, 0.2) is 0 Å². The number of carbonyl (C=O) groups is 1. The van der Waals surface area contributed by atoms with Crippen molar-refractivity contribution in [2.45, 2.75) is 47.5 Å². The van der Waals surface area contributed by atoms with Crippen LogP contribution in [0.1, 0.15) is 47.5 Å². The smallest absolute Gasteiger partial charge is 0.224 e. The van der Waals surface area contributed by atoms with Crippen molar-refractivity contribution >= 4 is 5.91 Å². The van der Waals surface area contributed by atoms with E-state index in [1.54, 1.807) is 0 Å². The highest BCUT2D eigenvalue weighted by Crippen LogP contribution is 2.67. The molecule has 0 saturated heterocycles. The van der Waals surface area contributed by atoms with E-state index in [9.17, 15) is 4.79 Å². The van der Waals surface area contributed by atoms with Gasteiger partial charge in [-0.25, -0.2) is 0 Å². The first-order chi connectivity index (χ1) is 5.61. The van der Waals surface area contributed by atoms with Gasteiger partial charge in [-0.1, -0.05) is 34.6 Å². The van der Waals surface area contributed by atoms with Crippen LogP contribution in [0, 0.1) is 16.2 Å². The average molecular weight is 183 g/mol. The standard InChI is InChI=1S/C11H21NO/c1-9(2,3)6-11(8(12)13)7-10(11,4)5/h6-7H2,1-5H3,(H2,12,13). The third-order valence-electron chi connectivity index (χ3n) is 3.22. The molecule has 0 spiro atoms. The van der Waals surface area contributed by atoms with E-state index >= 15 is 0 Å². The molecule has 1 aliphatic rings. The van der Waals surface area contributed by atoms with Crippen LogP contribution in [0.15, 0.2) is 0 Å². The number of amides is 1. The van der Waals surface area contributed by atoms with E-state index in [2.05, 4.69) is 34.6 Å². The molecule has 1 aliphatic carbocycles. The van der Waals surface area contributed by atoms with Crippen molar-refractivity contribution in [3.8, 4) is 0 Å². The van der Waals surface area contributed by atoms with E-state index in [0.717, 1.165) is 12.8 Å². The van der Waals surface area contributed by atoms with Gasteiger partial charge < -0.3 is 5.73 Å². The summed E-state index contributed by atoms with van der Waals surface area (Å²) in [6.45, 7) is 10.7. The van der Waals surface area contributed by atoms with Crippen molar-refractivity contribution in [1.82, 2.24) is 0 Å². The van der Waals surface area contributed by atoms with E-state index in [1.807, 2.05) is 0 Å². The van der Waals surface area contributed by atoms with Crippen molar-refractivity contribution in [2.24, 2.45) is 22.0 Å². The SMILES string of the molecule is CC(C)(C)CC1(C(N)=O)CC1(C)C. The largest absolute Gasteiger partial charge is 0.369 e. The predicted molar refractivity (Wildman–Crippen MR) is 54.1 cm³/mol. The monoisotopic (exact) mass is 183 g/mol. The molecule has 1 saturated carbocycles. The summed E-state index contributed by atoms with van der Waals surface area (Å²) in [4.78, 5) is 11.4. The Hall–Kier alpha value is -0.530. The molecule has 2 N–H and O–H groups in total. The topological polar surface area (TPSA) is 43.1 Å². The second kappa shape index (κ2) is 2.49. The molecular weight excluding hydrogens is 162 g/mol. The van der Waals surface area contributed by atoms with Crippen LogP contribution < -0.4 is 5.73 Å². The van der Waals surface area contributed by atoms with Crippen molar-refractivity contribution < 1.29 is 4.79 Å². The Bertz CT molecular complexity index is 237. The first-order valence-corrected chi connectivity index (χ1v) is 4.91. The van der Waals surface area contributed by atoms with E-state index < -0.39 is 0 Å². The van der Waals surface area contributed by atoms with Crippen molar-refractivity contribution in [2.75, 3.05) is 0 Å². The van der Waals surface area contributed by atoms with Gasteiger partial charge in [0.2, 0.25) is 5.91 Å². The second-order valence-corrected chi connectivity index (χ2v) is 6.24. The summed E-state index contributed by atoms with van der Waals surface area (Å²) in [5.41, 5.74) is 5.55. The molecule has 1 fully saturated rings. The first-order valence-electron chi connectivity index (χ1n) is 4.91. The molecule has 0 aromatic rings. The number of primary amides is 1. The van der Waals surface area contributed by atoms with Crippen LogP contribution in [0.2, 0.25) is 0 Å². The Balaban J connectivity index is 2.81. The number of nitrogens with two attached hydrogens (primary N) is 1. The molecule has 0 bridgehead atoms. The van der Waals surface area contributed by atoms with Gasteiger partial charge in [0.25, 0.3) is 0 Å². The van der Waals surface area contributed by atoms with Gasteiger partial charge in [0.1, 0.15) is 0 Å². The highest BCUT2D eigenvalue weighted by atomic mass is 16.1. The lowest BCUT2D eigenvalue weighted by atomic mass is 9.78. The Morgan fingerprint density at radius 3 is 1.85 bits per heavy atom. The van der Waals surface area contributed by atoms with Crippen molar-refractivity contribution in [3.05, 3.63) is 0 Å². The summed E-state index contributed by atoms with van der Waals surface area (Å²) in [6, 6.07) is 0. The minimum Gasteiger partial charge on any atom is -0.369 e. The molecule has 2 nitrogen and oxygen atoms in total. The number of rotatable bonds is 2. The number of carbonyl (C=O) groups excluding carboxylic acids is 1. The Labute approximate surface area is 80.9 Å². The lowest BCUT2D eigenvalue weighted by molar-refractivity contribution is -0.125. The molecule has 0 heterocycles. The van der Waals surface area contributed by atoms with Crippen LogP contribution in [0.3, 0.4) is 0 Å². The average Bonchev–Trinajstić information content (AvgIpc) is 2.30. The first kappa shape index (κ1) is 10.6. The van der Waals surface area contributed by atoms with Crippen LogP contribution in [0.25, 0.3) is 0 Å². The minimum absolute atomic E-state index is 0.117. The van der Waals surface area contributed by atoms with Gasteiger partial charge in [-0.05, 0) is 23.7 Å². The fraction of sp³-hybridized carbons (Fsp3) is 0.909. The maximum Gasteiger partial charge on any atom is 0.224 e. The van der Waals surface area contributed by atoms with Gasteiger partial charge in [-0.3, -0.25) is 4.79 Å². The lowest BCUT2D eigenvalue weighted by Crippen LogP contribution is -2.32. The van der Waals surface area contributed by atoms with Gasteiger partial charge in [-0.2, -0.15) is 0 Å². The van der Waals surface area contributed by atoms with E-state index in [4.69, 9.17) is 5.73 Å². The molecule has 2 heteroatoms. The normalized spacial score (nSPS) is 31.5. The number of hydrogen-bond acceptors (Lipinski definition) is 1. The van der Waals surface area contributed by atoms with Crippen molar-refractivity contribution in [3.63, 3.8) is 0 Å². The maximum atomic E-state index is 11.4. The van der Waals surface area contributed by atoms with Gasteiger partial charge in [0, 0.05) is 0 Å². The quantitative estimate of drug-likeness (QED) is 0.701. The highest BCUT2D eigenvalue weighted by molar-refractivity contribution is 5.85. The van der Waals surface area contributed by atoms with Gasteiger partial charge in [-0.15, -0.1) is 0 Å². The molecule has 1 rings (SSSR count). The second-order valence-electron chi connectivity index (χ2n) is 6.24. The molecule has 1 unspecified atom stereocenters. The molecule has 0 radical (unpaired) electrons. The molecule has 0 aromatic heterocycles. The van der Waals surface area contributed by atoms with E-state index in [1.165, 1.54) is 0 Å². The third-order valence-corrected chi connectivity index (χ3v) is 3.22. The molecule has 13 heavy (non-hydrogen) atoms. The number of hydrogen-bond donors (Lipinski definition) is 1. The third kappa shape index (κ3) is 1.72. The fourth-order valence-corrected chi connectivity index (χ4v) is 2.43. The fourth-order valence-electron chi connectivity index (χ4n) is 2.43. The summed E-state index contributed by atoms with van der Waals surface area (Å²) in [5.74, 6) is -0.118. The summed E-state index contributed by atoms with van der Waals surface area (Å²) >= 11 is 0. The van der Waals surface area contributed by atoms with Crippen LogP contribution in [0.4, 0.5) is 0 Å². The molecular formula is C11H21NO. The predicted octanol–water partition coefficient (Wildman–Crippen LogP) is 2.32. The van der Waals surface area contributed by atoms with E-state index in [0.29, 0.717) is 0 Å². The van der Waals surface area contributed by atoms with Crippen LogP contribution in [0.5, 0.6) is 0 Å². The van der Waals surface area contributed by atoms with Crippen LogP contribution >= 0.6 is 0 Å². The summed E-state index contributed by atoms with van der Waals surface area (Å²) in [7, 11) is 0. The van der Waals surface area contributed by atoms with Gasteiger partial charge in [0.05, 0.1) is 5.41 Å². The molecule has 76 valence electrons. The molecule has 1 atom stereocenters. The Morgan fingerprint density at radius 1 is 1.38 bits per heavy atom. The van der Waals surface area contributed by atoms with Crippen molar-refractivity contribution in [1.29, 1.82) is 0 Å². The van der Waals surface area contributed by atoms with Crippen LogP contribution in [-0.4, -0.2) is 5.91 Å². The highest BCUT2D eigenvalue weighted by Gasteiger charge is 2.65. The Kier molecular flexibility index (Phi) is 2.02. The molecule has 0 aromatic carbocycles. The zero-order chi connectivity index (χ0) is 10.5. The zero-order valence-electron chi connectivity index (χ0n) is 9.40. The van der Waals surface area contributed by atoms with Crippen LogP contribution in [-0.2, 0) is 4.79 Å². The summed E-state index contributed by atoms with van der Waals surface area (Å²) < 4.78 is 0. The minimum atomic E-state index is -0.231. The maximum absolute atomic E-state index is 11.4. The molecule has 0 aliphatic heterocycles. The van der Waals surface area contributed by atoms with Gasteiger partial charge >= 0.3 is 0 Å². The molecule has 1 amide bonds. The summed E-state index contributed by atoms with van der Waals surface area (Å²) in [6.07, 6.45) is 1.86. The Morgan fingerprint density at radius 2 is 1.77 bits per heavy atom.